The van der Waals surface area contributed by atoms with Crippen molar-refractivity contribution in [3.63, 3.8) is 0 Å². The topological polar surface area (TPSA) is 142 Å². The average Bonchev–Trinajstić information content (AvgIpc) is 3.02. The van der Waals surface area contributed by atoms with Crippen molar-refractivity contribution in [3.05, 3.63) is 39.9 Å². The summed E-state index contributed by atoms with van der Waals surface area (Å²) in [6.45, 7) is 2.76. The van der Waals surface area contributed by atoms with Crippen LogP contribution in [0.15, 0.2) is 24.3 Å². The van der Waals surface area contributed by atoms with E-state index in [1.54, 1.807) is 13.8 Å². The normalized spacial score (nSPS) is 21.0. The molecule has 2 heterocycles. The second-order valence-electron chi connectivity index (χ2n) is 6.69. The fourth-order valence-corrected chi connectivity index (χ4v) is 5.05. The van der Waals surface area contributed by atoms with Crippen molar-refractivity contribution in [1.29, 1.82) is 0 Å². The summed E-state index contributed by atoms with van der Waals surface area (Å²) >= 11 is 0.851. The van der Waals surface area contributed by atoms with Crippen LogP contribution in [-0.2, 0) is 40.0 Å². The number of carbonyl (C=O) groups excluding carboxylic acids is 4. The monoisotopic (exact) mass is 452 g/mol. The maximum atomic E-state index is 13.0. The van der Waals surface area contributed by atoms with Crippen LogP contribution >= 0.6 is 11.8 Å². The van der Waals surface area contributed by atoms with Crippen molar-refractivity contribution >= 4 is 41.3 Å². The van der Waals surface area contributed by atoms with Crippen molar-refractivity contribution < 1.29 is 38.3 Å². The molecule has 0 unspecified atom stereocenters. The number of β-lactam (4-membered cyclic amide) rings is 1. The lowest BCUT2D eigenvalue weighted by Gasteiger charge is -2.37. The van der Waals surface area contributed by atoms with E-state index in [4.69, 9.17) is 14.2 Å². The number of benzene rings is 1. The number of nitro groups is 1. The number of amides is 1. The first kappa shape index (κ1) is 22.5. The van der Waals surface area contributed by atoms with Crippen molar-refractivity contribution in [1.82, 2.24) is 4.90 Å². The smallest absolute Gasteiger partial charge is 0.336 e. The molecule has 2 aliphatic heterocycles. The molecule has 0 spiro atoms. The van der Waals surface area contributed by atoms with Crippen LogP contribution in [0.5, 0.6) is 0 Å². The predicted octanol–water partition coefficient (Wildman–Crippen LogP) is 1.18. The van der Waals surface area contributed by atoms with Gasteiger partial charge in [-0.2, -0.15) is 0 Å². The standard InChI is InChI=1S/C19H20N2O9S/c1-3-28-17(24)19(18(25)29-4-2)15(20-13(22)9-14(20)31-19)16(23)30-10-11-5-7-12(8-6-11)21(26)27/h5-8,14-15H,3-4,9-10H2,1-2H3/t14-,15+/m1/s1. The van der Waals surface area contributed by atoms with Crippen molar-refractivity contribution in [2.45, 2.75) is 43.0 Å². The number of esters is 3. The molecule has 12 heteroatoms. The molecule has 2 atom stereocenters. The van der Waals surface area contributed by atoms with Gasteiger partial charge < -0.3 is 19.1 Å². The van der Waals surface area contributed by atoms with Gasteiger partial charge in [0.05, 0.1) is 29.9 Å². The molecule has 0 aromatic heterocycles. The van der Waals surface area contributed by atoms with Gasteiger partial charge in [0, 0.05) is 12.1 Å². The first-order chi connectivity index (χ1) is 14.8. The van der Waals surface area contributed by atoms with Crippen LogP contribution in [0.4, 0.5) is 5.69 Å². The molecule has 0 saturated carbocycles. The van der Waals surface area contributed by atoms with E-state index in [1.165, 1.54) is 24.3 Å². The Kier molecular flexibility index (Phi) is 6.48. The fraction of sp³-hybridized carbons (Fsp3) is 0.474. The molecule has 11 nitrogen and oxygen atoms in total. The lowest BCUT2D eigenvalue weighted by Crippen LogP contribution is -2.63. The molecule has 1 aromatic carbocycles. The first-order valence-electron chi connectivity index (χ1n) is 9.49. The zero-order valence-corrected chi connectivity index (χ0v) is 17.6. The molecular formula is C19H20N2O9S. The zero-order valence-electron chi connectivity index (χ0n) is 16.8. The van der Waals surface area contributed by atoms with Crippen LogP contribution < -0.4 is 0 Å². The van der Waals surface area contributed by atoms with E-state index in [2.05, 4.69) is 0 Å². The molecule has 2 aliphatic rings. The summed E-state index contributed by atoms with van der Waals surface area (Å²) < 4.78 is 13.3. The van der Waals surface area contributed by atoms with Crippen LogP contribution in [0.1, 0.15) is 25.8 Å². The zero-order chi connectivity index (χ0) is 22.8. The average molecular weight is 452 g/mol. The quantitative estimate of drug-likeness (QED) is 0.141. The molecule has 3 rings (SSSR count). The van der Waals surface area contributed by atoms with E-state index >= 15 is 0 Å². The Morgan fingerprint density at radius 3 is 2.19 bits per heavy atom. The highest BCUT2D eigenvalue weighted by atomic mass is 32.2. The summed E-state index contributed by atoms with van der Waals surface area (Å²) in [6.07, 6.45) is 0.0668. The van der Waals surface area contributed by atoms with E-state index in [9.17, 15) is 29.3 Å². The number of fused-ring (bicyclic) bond motifs is 1. The Morgan fingerprint density at radius 2 is 1.71 bits per heavy atom. The van der Waals surface area contributed by atoms with Crippen LogP contribution in [0.2, 0.25) is 0 Å². The molecular weight excluding hydrogens is 432 g/mol. The van der Waals surface area contributed by atoms with Crippen LogP contribution in [-0.4, -0.2) is 63.0 Å². The van der Waals surface area contributed by atoms with Crippen molar-refractivity contribution in [2.24, 2.45) is 0 Å². The van der Waals surface area contributed by atoms with Crippen LogP contribution in [0.25, 0.3) is 0 Å². The third-order valence-corrected chi connectivity index (χ3v) is 6.44. The molecule has 0 radical (unpaired) electrons. The lowest BCUT2D eigenvalue weighted by molar-refractivity contribution is -0.384. The van der Waals surface area contributed by atoms with Gasteiger partial charge in [0.1, 0.15) is 6.61 Å². The SMILES string of the molecule is CCOC(=O)C1(C(=O)OCC)S[C@@H]2CC(=O)N2[C@H]1C(=O)OCc1ccc([N+](=O)[O-])cc1. The number of hydrogen-bond donors (Lipinski definition) is 0. The summed E-state index contributed by atoms with van der Waals surface area (Å²) in [7, 11) is 0. The second kappa shape index (κ2) is 8.92. The summed E-state index contributed by atoms with van der Waals surface area (Å²) in [5, 5.41) is 10.2. The largest absolute Gasteiger partial charge is 0.464 e. The number of nitro benzene ring substituents is 1. The fourth-order valence-electron chi connectivity index (χ4n) is 3.39. The van der Waals surface area contributed by atoms with E-state index < -0.39 is 44.9 Å². The molecule has 1 aromatic rings. The van der Waals surface area contributed by atoms with Gasteiger partial charge in [-0.3, -0.25) is 14.9 Å². The minimum Gasteiger partial charge on any atom is -0.464 e. The number of carbonyl (C=O) groups is 4. The minimum atomic E-state index is -2.09. The summed E-state index contributed by atoms with van der Waals surface area (Å²) in [4.78, 5) is 62.2. The van der Waals surface area contributed by atoms with Crippen LogP contribution in [0, 0.1) is 10.1 Å². The summed E-state index contributed by atoms with van der Waals surface area (Å²) in [5.41, 5.74) is 0.328. The van der Waals surface area contributed by atoms with Gasteiger partial charge in [-0.15, -0.1) is 11.8 Å². The maximum Gasteiger partial charge on any atom is 0.336 e. The molecule has 2 fully saturated rings. The third-order valence-electron chi connectivity index (χ3n) is 4.84. The Balaban J connectivity index is 1.87. The number of rotatable bonds is 8. The van der Waals surface area contributed by atoms with Crippen molar-refractivity contribution in [3.8, 4) is 0 Å². The van der Waals surface area contributed by atoms with Gasteiger partial charge in [-0.25, -0.2) is 14.4 Å². The van der Waals surface area contributed by atoms with Gasteiger partial charge in [0.15, 0.2) is 6.04 Å². The van der Waals surface area contributed by atoms with Gasteiger partial charge >= 0.3 is 17.9 Å². The first-order valence-corrected chi connectivity index (χ1v) is 10.4. The highest BCUT2D eigenvalue weighted by Crippen LogP contribution is 2.52. The van der Waals surface area contributed by atoms with E-state index in [0.29, 0.717) is 5.56 Å². The molecule has 2 saturated heterocycles. The lowest BCUT2D eigenvalue weighted by atomic mass is 9.94. The van der Waals surface area contributed by atoms with E-state index in [-0.39, 0.29) is 31.9 Å². The number of thioether (sulfide) groups is 1. The van der Waals surface area contributed by atoms with Crippen LogP contribution in [0.3, 0.4) is 0 Å². The van der Waals surface area contributed by atoms with E-state index in [1.807, 2.05) is 0 Å². The number of ether oxygens (including phenoxy) is 3. The molecule has 0 aliphatic carbocycles. The second-order valence-corrected chi connectivity index (χ2v) is 8.11. The number of non-ortho nitro benzene ring substituents is 1. The number of hydrogen-bond acceptors (Lipinski definition) is 10. The molecule has 166 valence electrons. The van der Waals surface area contributed by atoms with Gasteiger partial charge in [0.25, 0.3) is 5.69 Å². The summed E-state index contributed by atoms with van der Waals surface area (Å²) in [5.74, 6) is -3.32. The maximum absolute atomic E-state index is 13.0. The Morgan fingerprint density at radius 1 is 1.13 bits per heavy atom. The van der Waals surface area contributed by atoms with Crippen molar-refractivity contribution in [2.75, 3.05) is 13.2 Å². The number of nitrogens with zero attached hydrogens (tertiary/aromatic N) is 2. The third kappa shape index (κ3) is 3.94. The Labute approximate surface area is 181 Å². The van der Waals surface area contributed by atoms with E-state index in [0.717, 1.165) is 16.7 Å². The Bertz CT molecular complexity index is 899. The minimum absolute atomic E-state index is 0.0380. The molecule has 31 heavy (non-hydrogen) atoms. The highest BCUT2D eigenvalue weighted by molar-refractivity contribution is 8.03. The highest BCUT2D eigenvalue weighted by Gasteiger charge is 2.72. The molecule has 1 amide bonds. The molecule has 0 bridgehead atoms. The van der Waals surface area contributed by atoms with Gasteiger partial charge in [0.2, 0.25) is 10.7 Å². The molecule has 0 N–H and O–H groups in total. The van der Waals surface area contributed by atoms with Gasteiger partial charge in [-0.1, -0.05) is 0 Å². The summed E-state index contributed by atoms with van der Waals surface area (Å²) in [6, 6.07) is 3.79. The van der Waals surface area contributed by atoms with Gasteiger partial charge in [-0.05, 0) is 31.5 Å². The Hall–Kier alpha value is -3.15. The predicted molar refractivity (Wildman–Crippen MR) is 106 cm³/mol.